The number of nitrogens with zero attached hydrogens (tertiary/aromatic N) is 6. The van der Waals surface area contributed by atoms with Gasteiger partial charge in [-0.05, 0) is 42.0 Å². The SMILES string of the molecule is CC(C)(C)CNc1c(C#N)cnc2c(Cl)cc(N[C@H](c3cn(C4(C(F)F)CC4)nn3)c3cccc4[nH]ncc34)cc12. The molecular weight excluding hydrogens is 548 g/mol. The second-order valence-electron chi connectivity index (χ2n) is 11.7. The summed E-state index contributed by atoms with van der Waals surface area (Å²) in [6.07, 6.45) is 2.98. The summed E-state index contributed by atoms with van der Waals surface area (Å²) in [6, 6.07) is 11.0. The molecule has 1 aliphatic rings. The first-order valence-electron chi connectivity index (χ1n) is 13.3. The minimum absolute atomic E-state index is 0.0423. The van der Waals surface area contributed by atoms with Crippen LogP contribution in [-0.2, 0) is 5.54 Å². The quantitative estimate of drug-likeness (QED) is 0.190. The molecule has 0 aliphatic heterocycles. The first-order valence-corrected chi connectivity index (χ1v) is 13.6. The van der Waals surface area contributed by atoms with Crippen molar-refractivity contribution in [3.63, 3.8) is 0 Å². The van der Waals surface area contributed by atoms with Crippen LogP contribution in [0.4, 0.5) is 20.2 Å². The molecule has 3 aromatic heterocycles. The molecule has 210 valence electrons. The normalized spacial score (nSPS) is 15.3. The second kappa shape index (κ2) is 9.96. The van der Waals surface area contributed by atoms with Gasteiger partial charge in [0.1, 0.15) is 17.3 Å². The van der Waals surface area contributed by atoms with Crippen molar-refractivity contribution in [2.45, 2.75) is 51.6 Å². The van der Waals surface area contributed by atoms with Gasteiger partial charge in [-0.1, -0.05) is 49.7 Å². The molecule has 1 atom stereocenters. The molecule has 0 saturated heterocycles. The zero-order chi connectivity index (χ0) is 28.9. The number of nitriles is 1. The van der Waals surface area contributed by atoms with Gasteiger partial charge < -0.3 is 10.6 Å². The van der Waals surface area contributed by atoms with Gasteiger partial charge in [-0.15, -0.1) is 5.10 Å². The van der Waals surface area contributed by atoms with Gasteiger partial charge in [-0.2, -0.15) is 10.4 Å². The minimum atomic E-state index is -2.54. The van der Waals surface area contributed by atoms with E-state index < -0.39 is 18.0 Å². The number of nitrogens with one attached hydrogen (secondary N) is 3. The number of halogens is 3. The van der Waals surface area contributed by atoms with Crippen molar-refractivity contribution in [3.05, 3.63) is 70.8 Å². The zero-order valence-corrected chi connectivity index (χ0v) is 23.5. The van der Waals surface area contributed by atoms with Crippen LogP contribution < -0.4 is 10.6 Å². The van der Waals surface area contributed by atoms with Crippen LogP contribution in [0.5, 0.6) is 0 Å². The van der Waals surface area contributed by atoms with E-state index in [1.165, 1.54) is 10.9 Å². The van der Waals surface area contributed by atoms with Crippen LogP contribution >= 0.6 is 11.6 Å². The van der Waals surface area contributed by atoms with Crippen molar-refractivity contribution in [2.24, 2.45) is 5.41 Å². The molecule has 5 aromatic rings. The highest BCUT2D eigenvalue weighted by Crippen LogP contribution is 2.48. The van der Waals surface area contributed by atoms with Gasteiger partial charge in [-0.25, -0.2) is 13.5 Å². The second-order valence-corrected chi connectivity index (χ2v) is 12.1. The number of hydrogen-bond donors (Lipinski definition) is 3. The third-order valence-corrected chi connectivity index (χ3v) is 7.70. The highest BCUT2D eigenvalue weighted by atomic mass is 35.5. The molecule has 0 unspecified atom stereocenters. The number of H-pyrrole nitrogens is 1. The molecule has 9 nitrogen and oxygen atoms in total. The Morgan fingerprint density at radius 1 is 1.20 bits per heavy atom. The van der Waals surface area contributed by atoms with Gasteiger partial charge in [0.15, 0.2) is 0 Å². The maximum atomic E-state index is 13.9. The number of pyridine rings is 1. The van der Waals surface area contributed by atoms with Crippen LogP contribution in [0.15, 0.2) is 48.9 Å². The molecule has 0 radical (unpaired) electrons. The summed E-state index contributed by atoms with van der Waals surface area (Å²) in [5.74, 6) is 0. The predicted molar refractivity (Wildman–Crippen MR) is 154 cm³/mol. The van der Waals surface area contributed by atoms with Crippen LogP contribution in [0.3, 0.4) is 0 Å². The fraction of sp³-hybridized carbons (Fsp3) is 0.345. The molecule has 2 aromatic carbocycles. The van der Waals surface area contributed by atoms with Crippen molar-refractivity contribution in [3.8, 4) is 6.07 Å². The molecule has 6 rings (SSSR count). The monoisotopic (exact) mass is 575 g/mol. The number of hydrogen-bond acceptors (Lipinski definition) is 7. The van der Waals surface area contributed by atoms with E-state index in [-0.39, 0.29) is 5.41 Å². The Morgan fingerprint density at radius 2 is 2.00 bits per heavy atom. The molecule has 41 heavy (non-hydrogen) atoms. The maximum Gasteiger partial charge on any atom is 0.263 e. The summed E-state index contributed by atoms with van der Waals surface area (Å²) >= 11 is 6.74. The van der Waals surface area contributed by atoms with E-state index in [1.54, 1.807) is 18.5 Å². The lowest BCUT2D eigenvalue weighted by atomic mass is 9.96. The molecule has 3 heterocycles. The smallest absolute Gasteiger partial charge is 0.263 e. The average molecular weight is 576 g/mol. The Kier molecular flexibility index (Phi) is 6.53. The van der Waals surface area contributed by atoms with Crippen LogP contribution in [0, 0.1) is 16.7 Å². The summed E-state index contributed by atoms with van der Waals surface area (Å²) < 4.78 is 29.0. The Hall–Kier alpha value is -4.30. The third-order valence-electron chi connectivity index (χ3n) is 7.41. The van der Waals surface area contributed by atoms with Gasteiger partial charge in [0.2, 0.25) is 0 Å². The highest BCUT2D eigenvalue weighted by Gasteiger charge is 2.54. The fourth-order valence-corrected chi connectivity index (χ4v) is 5.26. The van der Waals surface area contributed by atoms with Crippen molar-refractivity contribution >= 4 is 44.8 Å². The molecule has 1 fully saturated rings. The predicted octanol–water partition coefficient (Wildman–Crippen LogP) is 6.64. The van der Waals surface area contributed by atoms with Crippen LogP contribution in [0.25, 0.3) is 21.8 Å². The Morgan fingerprint density at radius 3 is 2.71 bits per heavy atom. The molecule has 0 amide bonds. The lowest BCUT2D eigenvalue weighted by Gasteiger charge is -2.22. The molecule has 1 saturated carbocycles. The first kappa shape index (κ1) is 26.9. The topological polar surface area (TPSA) is 120 Å². The number of aromatic nitrogens is 6. The van der Waals surface area contributed by atoms with Gasteiger partial charge in [-0.3, -0.25) is 10.1 Å². The standard InChI is InChI=1S/C29H28ClF2N9/c1-28(2,3)15-35-24-16(11-33)12-34-25-19(24)9-17(10-21(25)30)37-26(18-5-4-6-22-20(18)13-36-38-22)23-14-41(40-39-23)29(7-8-29)27(31)32/h4-6,9-10,12-14,26-27,37H,7-8,15H2,1-3H3,(H,34,35)(H,36,38)/t26-/m0/s1. The molecule has 0 spiro atoms. The van der Waals surface area contributed by atoms with Crippen molar-refractivity contribution in [1.82, 2.24) is 30.2 Å². The number of benzene rings is 2. The first-order chi connectivity index (χ1) is 19.6. The number of fused-ring (bicyclic) bond motifs is 2. The summed E-state index contributed by atoms with van der Waals surface area (Å²) in [4.78, 5) is 4.45. The number of alkyl halides is 2. The van der Waals surface area contributed by atoms with Crippen LogP contribution in [0.1, 0.15) is 56.5 Å². The zero-order valence-electron chi connectivity index (χ0n) is 22.7. The Bertz CT molecular complexity index is 1790. The average Bonchev–Trinajstić information content (AvgIpc) is 3.35. The Labute approximate surface area is 239 Å². The summed E-state index contributed by atoms with van der Waals surface area (Å²) in [5.41, 5.74) is 3.00. The van der Waals surface area contributed by atoms with E-state index >= 15 is 0 Å². The lowest BCUT2D eigenvalue weighted by molar-refractivity contribution is 0.0593. The summed E-state index contributed by atoms with van der Waals surface area (Å²) in [5, 5.41) is 34.3. The van der Waals surface area contributed by atoms with Crippen LogP contribution in [0.2, 0.25) is 5.02 Å². The maximum absolute atomic E-state index is 13.9. The van der Waals surface area contributed by atoms with E-state index in [0.717, 1.165) is 16.5 Å². The third kappa shape index (κ3) is 4.93. The van der Waals surface area contributed by atoms with E-state index in [9.17, 15) is 14.0 Å². The molecule has 3 N–H and O–H groups in total. The van der Waals surface area contributed by atoms with Gasteiger partial charge in [0.05, 0.1) is 45.7 Å². The van der Waals surface area contributed by atoms with E-state index in [2.05, 4.69) is 63.0 Å². The largest absolute Gasteiger partial charge is 0.383 e. The van der Waals surface area contributed by atoms with Gasteiger partial charge >= 0.3 is 0 Å². The fourth-order valence-electron chi connectivity index (χ4n) is 4.99. The van der Waals surface area contributed by atoms with Crippen molar-refractivity contribution in [2.75, 3.05) is 17.2 Å². The summed E-state index contributed by atoms with van der Waals surface area (Å²) in [6.45, 7) is 6.92. The van der Waals surface area contributed by atoms with E-state index in [1.807, 2.05) is 24.3 Å². The Balaban J connectivity index is 1.47. The minimum Gasteiger partial charge on any atom is -0.383 e. The molecule has 1 aliphatic carbocycles. The van der Waals surface area contributed by atoms with Crippen molar-refractivity contribution in [1.29, 1.82) is 5.26 Å². The van der Waals surface area contributed by atoms with Crippen LogP contribution in [-0.4, -0.2) is 43.1 Å². The van der Waals surface area contributed by atoms with E-state index in [0.29, 0.717) is 57.9 Å². The number of aromatic amines is 1. The summed E-state index contributed by atoms with van der Waals surface area (Å²) in [7, 11) is 0. The lowest BCUT2D eigenvalue weighted by Crippen LogP contribution is -2.26. The van der Waals surface area contributed by atoms with Crippen molar-refractivity contribution < 1.29 is 8.78 Å². The van der Waals surface area contributed by atoms with Gasteiger partial charge in [0, 0.05) is 29.2 Å². The van der Waals surface area contributed by atoms with E-state index in [4.69, 9.17) is 11.6 Å². The van der Waals surface area contributed by atoms with Gasteiger partial charge in [0.25, 0.3) is 6.43 Å². The highest BCUT2D eigenvalue weighted by molar-refractivity contribution is 6.35. The number of rotatable bonds is 8. The number of anilines is 2. The molecular formula is C29H28ClF2N9. The molecule has 0 bridgehead atoms. The molecule has 12 heteroatoms.